The Kier molecular flexibility index (Phi) is 3.84. The lowest BCUT2D eigenvalue weighted by molar-refractivity contribution is -0.114. The molecule has 1 aromatic carbocycles. The molecule has 1 aliphatic rings. The predicted octanol–water partition coefficient (Wildman–Crippen LogP) is 2.95. The number of primary amides is 1. The van der Waals surface area contributed by atoms with Gasteiger partial charge >= 0.3 is 0 Å². The van der Waals surface area contributed by atoms with Crippen LogP contribution in [0.3, 0.4) is 0 Å². The second-order valence-electron chi connectivity index (χ2n) is 5.38. The van der Waals surface area contributed by atoms with E-state index < -0.39 is 5.91 Å². The van der Waals surface area contributed by atoms with Gasteiger partial charge in [0.1, 0.15) is 0 Å². The molecule has 0 aromatic heterocycles. The molecule has 0 saturated carbocycles. The fraction of sp³-hybridized carbons (Fsp3) is 0.375. The van der Waals surface area contributed by atoms with Crippen LogP contribution in [0.5, 0.6) is 0 Å². The van der Waals surface area contributed by atoms with E-state index in [-0.39, 0.29) is 11.4 Å². The molecule has 3 nitrogen and oxygen atoms in total. The molecule has 1 aliphatic carbocycles. The van der Waals surface area contributed by atoms with Crippen molar-refractivity contribution in [1.29, 1.82) is 0 Å². The minimum Gasteiger partial charge on any atom is -0.365 e. The summed E-state index contributed by atoms with van der Waals surface area (Å²) in [5.74, 6) is -0.214. The summed E-state index contributed by atoms with van der Waals surface area (Å²) in [7, 11) is 0. The molecular formula is C16H19NO2. The number of benzene rings is 1. The van der Waals surface area contributed by atoms with Crippen molar-refractivity contribution >= 4 is 17.3 Å². The summed E-state index contributed by atoms with van der Waals surface area (Å²) in [6.45, 7) is 4.33. The standard InChI is InChI=1S/C16H19NO2/c1-10(2)6-5-9-12-11-7-3-4-8-13(11)15(18)14(12)16(17)19/h3-4,7-8,10H,5-6,9H2,1-2H3,(H2,17,19). The molecule has 0 atom stereocenters. The zero-order valence-corrected chi connectivity index (χ0v) is 11.4. The third-order valence-electron chi connectivity index (χ3n) is 3.48. The third kappa shape index (κ3) is 2.60. The highest BCUT2D eigenvalue weighted by Gasteiger charge is 2.31. The molecule has 2 rings (SSSR count). The first-order valence-electron chi connectivity index (χ1n) is 6.69. The number of hydrogen-bond acceptors (Lipinski definition) is 2. The van der Waals surface area contributed by atoms with Crippen molar-refractivity contribution in [2.45, 2.75) is 33.1 Å². The van der Waals surface area contributed by atoms with E-state index in [1.807, 2.05) is 18.2 Å². The van der Waals surface area contributed by atoms with E-state index in [0.717, 1.165) is 30.4 Å². The van der Waals surface area contributed by atoms with Gasteiger partial charge in [0.25, 0.3) is 5.91 Å². The van der Waals surface area contributed by atoms with Crippen LogP contribution in [0.4, 0.5) is 0 Å². The highest BCUT2D eigenvalue weighted by Crippen LogP contribution is 2.36. The fourth-order valence-corrected chi connectivity index (χ4v) is 2.56. The summed E-state index contributed by atoms with van der Waals surface area (Å²) < 4.78 is 0. The Bertz CT molecular complexity index is 556. The maximum absolute atomic E-state index is 12.2. The summed E-state index contributed by atoms with van der Waals surface area (Å²) in [6, 6.07) is 7.36. The number of amides is 1. The van der Waals surface area contributed by atoms with E-state index in [1.54, 1.807) is 6.07 Å². The first-order valence-corrected chi connectivity index (χ1v) is 6.69. The molecule has 0 heterocycles. The molecule has 0 fully saturated rings. The van der Waals surface area contributed by atoms with Crippen LogP contribution in [0.15, 0.2) is 29.8 Å². The largest absolute Gasteiger partial charge is 0.365 e. The van der Waals surface area contributed by atoms with Crippen molar-refractivity contribution < 1.29 is 9.59 Å². The van der Waals surface area contributed by atoms with Gasteiger partial charge in [0.15, 0.2) is 5.78 Å². The Balaban J connectivity index is 2.33. The van der Waals surface area contributed by atoms with E-state index in [9.17, 15) is 9.59 Å². The zero-order chi connectivity index (χ0) is 14.0. The van der Waals surface area contributed by atoms with Gasteiger partial charge in [-0.05, 0) is 29.9 Å². The number of nitrogens with two attached hydrogens (primary N) is 1. The smallest absolute Gasteiger partial charge is 0.252 e. The minimum absolute atomic E-state index is 0.185. The molecule has 0 spiro atoms. The average molecular weight is 257 g/mol. The quantitative estimate of drug-likeness (QED) is 0.824. The van der Waals surface area contributed by atoms with E-state index in [4.69, 9.17) is 5.73 Å². The Morgan fingerprint density at radius 1 is 1.21 bits per heavy atom. The van der Waals surface area contributed by atoms with Crippen LogP contribution in [0, 0.1) is 5.92 Å². The summed E-state index contributed by atoms with van der Waals surface area (Å²) >= 11 is 0. The molecule has 1 aromatic rings. The van der Waals surface area contributed by atoms with Crippen LogP contribution in [0.25, 0.3) is 5.57 Å². The molecule has 100 valence electrons. The van der Waals surface area contributed by atoms with E-state index in [0.29, 0.717) is 11.5 Å². The molecular weight excluding hydrogens is 238 g/mol. The second-order valence-corrected chi connectivity index (χ2v) is 5.38. The van der Waals surface area contributed by atoms with Crippen molar-refractivity contribution in [2.24, 2.45) is 11.7 Å². The van der Waals surface area contributed by atoms with Gasteiger partial charge in [-0.2, -0.15) is 0 Å². The van der Waals surface area contributed by atoms with Gasteiger partial charge in [-0.15, -0.1) is 0 Å². The number of carbonyl (C=O) groups excluding carboxylic acids is 2. The molecule has 0 unspecified atom stereocenters. The zero-order valence-electron chi connectivity index (χ0n) is 11.4. The van der Waals surface area contributed by atoms with Gasteiger partial charge in [0, 0.05) is 5.56 Å². The van der Waals surface area contributed by atoms with Crippen molar-refractivity contribution in [3.63, 3.8) is 0 Å². The third-order valence-corrected chi connectivity index (χ3v) is 3.48. The van der Waals surface area contributed by atoms with Gasteiger partial charge in [-0.1, -0.05) is 44.5 Å². The van der Waals surface area contributed by atoms with Gasteiger partial charge < -0.3 is 5.73 Å². The Hall–Kier alpha value is -1.90. The van der Waals surface area contributed by atoms with Crippen LogP contribution in [0.2, 0.25) is 0 Å². The number of ketones is 1. The fourth-order valence-electron chi connectivity index (χ4n) is 2.56. The summed E-state index contributed by atoms with van der Waals surface area (Å²) in [5, 5.41) is 0. The van der Waals surface area contributed by atoms with E-state index >= 15 is 0 Å². The normalized spacial score (nSPS) is 14.2. The monoisotopic (exact) mass is 257 g/mol. The van der Waals surface area contributed by atoms with Crippen molar-refractivity contribution in [3.05, 3.63) is 41.0 Å². The average Bonchev–Trinajstić information content (AvgIpc) is 2.63. The SMILES string of the molecule is CC(C)CCCC1=C(C(N)=O)C(=O)c2ccccc21. The topological polar surface area (TPSA) is 60.2 Å². The lowest BCUT2D eigenvalue weighted by atomic mass is 9.97. The number of Topliss-reactive ketones (excluding diaryl/α,β-unsaturated/α-hetero) is 1. The molecule has 2 N–H and O–H groups in total. The maximum Gasteiger partial charge on any atom is 0.252 e. The van der Waals surface area contributed by atoms with E-state index in [2.05, 4.69) is 13.8 Å². The molecule has 1 amide bonds. The molecule has 0 bridgehead atoms. The summed E-state index contributed by atoms with van der Waals surface area (Å²) in [5.41, 5.74) is 7.87. The summed E-state index contributed by atoms with van der Waals surface area (Å²) in [6.07, 6.45) is 2.77. The minimum atomic E-state index is -0.610. The Morgan fingerprint density at radius 2 is 1.84 bits per heavy atom. The lowest BCUT2D eigenvalue weighted by Crippen LogP contribution is -2.19. The second kappa shape index (κ2) is 5.39. The number of fused-ring (bicyclic) bond motifs is 1. The molecule has 3 heteroatoms. The van der Waals surface area contributed by atoms with Crippen LogP contribution >= 0.6 is 0 Å². The van der Waals surface area contributed by atoms with Crippen molar-refractivity contribution in [1.82, 2.24) is 0 Å². The Morgan fingerprint density at radius 3 is 2.42 bits per heavy atom. The maximum atomic E-state index is 12.2. The highest BCUT2D eigenvalue weighted by molar-refractivity contribution is 6.34. The van der Waals surface area contributed by atoms with Gasteiger partial charge in [-0.3, -0.25) is 9.59 Å². The summed E-state index contributed by atoms with van der Waals surface area (Å²) in [4.78, 5) is 23.7. The van der Waals surface area contributed by atoms with Gasteiger partial charge in [0.05, 0.1) is 5.57 Å². The van der Waals surface area contributed by atoms with Crippen molar-refractivity contribution in [3.8, 4) is 0 Å². The van der Waals surface area contributed by atoms with Gasteiger partial charge in [-0.25, -0.2) is 0 Å². The van der Waals surface area contributed by atoms with E-state index in [1.165, 1.54) is 0 Å². The van der Waals surface area contributed by atoms with Crippen LogP contribution < -0.4 is 5.73 Å². The number of rotatable bonds is 5. The Labute approximate surface area is 113 Å². The number of carbonyl (C=O) groups is 2. The molecule has 0 radical (unpaired) electrons. The number of allylic oxidation sites excluding steroid dienone is 1. The lowest BCUT2D eigenvalue weighted by Gasteiger charge is -2.07. The highest BCUT2D eigenvalue weighted by atomic mass is 16.2. The number of hydrogen-bond donors (Lipinski definition) is 1. The molecule has 0 saturated heterocycles. The van der Waals surface area contributed by atoms with Crippen LogP contribution in [0.1, 0.15) is 49.0 Å². The van der Waals surface area contributed by atoms with Crippen LogP contribution in [-0.2, 0) is 4.79 Å². The predicted molar refractivity (Wildman–Crippen MR) is 75.6 cm³/mol. The molecule has 19 heavy (non-hydrogen) atoms. The van der Waals surface area contributed by atoms with Gasteiger partial charge in [0.2, 0.25) is 0 Å². The molecule has 0 aliphatic heterocycles. The van der Waals surface area contributed by atoms with Crippen LogP contribution in [-0.4, -0.2) is 11.7 Å². The first kappa shape index (κ1) is 13.5. The van der Waals surface area contributed by atoms with Crippen molar-refractivity contribution in [2.75, 3.05) is 0 Å². The first-order chi connectivity index (χ1) is 9.02.